The molecule has 1 fully saturated rings. The van der Waals surface area contributed by atoms with Gasteiger partial charge in [-0.05, 0) is 52.9 Å². The summed E-state index contributed by atoms with van der Waals surface area (Å²) in [5.41, 5.74) is 7.02. The molecule has 3 heterocycles. The third-order valence-electron chi connectivity index (χ3n) is 6.01. The molecule has 0 aliphatic carbocycles. The lowest BCUT2D eigenvalue weighted by atomic mass is 9.83. The van der Waals surface area contributed by atoms with Gasteiger partial charge in [0.25, 0.3) is 0 Å². The van der Waals surface area contributed by atoms with Gasteiger partial charge < -0.3 is 14.6 Å². The Hall–Kier alpha value is -2.14. The largest absolute Gasteiger partial charge is 0.379 e. The minimum absolute atomic E-state index is 0.440. The topological polar surface area (TPSA) is 31.5 Å². The molecule has 0 amide bonds. The molecule has 1 atom stereocenters. The van der Waals surface area contributed by atoms with E-state index in [1.807, 2.05) is 6.20 Å². The van der Waals surface area contributed by atoms with E-state index in [2.05, 4.69) is 64.3 Å². The number of H-pyrrole nitrogens is 1. The van der Waals surface area contributed by atoms with E-state index in [0.717, 1.165) is 45.9 Å². The maximum atomic E-state index is 5.48. The lowest BCUT2D eigenvalue weighted by Gasteiger charge is -2.33. The van der Waals surface area contributed by atoms with Crippen molar-refractivity contribution >= 4 is 10.9 Å². The molecule has 0 saturated carbocycles. The third kappa shape index (κ3) is 3.41. The molecule has 0 spiro atoms. The van der Waals surface area contributed by atoms with E-state index in [4.69, 9.17) is 4.74 Å². The van der Waals surface area contributed by atoms with Gasteiger partial charge in [0, 0.05) is 50.4 Å². The van der Waals surface area contributed by atoms with Gasteiger partial charge in [0.1, 0.15) is 0 Å². The van der Waals surface area contributed by atoms with Gasteiger partial charge in [-0.2, -0.15) is 0 Å². The number of nitrogens with zero attached hydrogens (tertiary/aromatic N) is 2. The summed E-state index contributed by atoms with van der Waals surface area (Å²) in [4.78, 5) is 8.25. The number of aromatic amines is 1. The van der Waals surface area contributed by atoms with Crippen LogP contribution in [0.4, 0.5) is 0 Å². The number of likely N-dealkylation sites (N-methyl/N-ethyl adjacent to an activating group) is 1. The summed E-state index contributed by atoms with van der Waals surface area (Å²) < 4.78 is 5.48. The van der Waals surface area contributed by atoms with Crippen LogP contribution in [0.3, 0.4) is 0 Å². The van der Waals surface area contributed by atoms with E-state index in [9.17, 15) is 0 Å². The number of ether oxygens (including phenoxy) is 1. The minimum atomic E-state index is 0.440. The maximum Gasteiger partial charge on any atom is 0.0594 e. The van der Waals surface area contributed by atoms with E-state index in [-0.39, 0.29) is 0 Å². The molecular formula is C23H27N3O. The lowest BCUT2D eigenvalue weighted by molar-refractivity contribution is 0.0341. The van der Waals surface area contributed by atoms with Crippen LogP contribution < -0.4 is 0 Å². The first-order chi connectivity index (χ1) is 13.3. The highest BCUT2D eigenvalue weighted by molar-refractivity contribution is 5.80. The Bertz CT molecular complexity index is 942. The highest BCUT2D eigenvalue weighted by Gasteiger charge is 2.25. The smallest absolute Gasteiger partial charge is 0.0594 e. The average Bonchev–Trinajstić information content (AvgIpc) is 3.15. The summed E-state index contributed by atoms with van der Waals surface area (Å²) in [7, 11) is 2.24. The predicted molar refractivity (Wildman–Crippen MR) is 109 cm³/mol. The molecule has 27 heavy (non-hydrogen) atoms. The van der Waals surface area contributed by atoms with Crippen LogP contribution in [0.15, 0.2) is 48.7 Å². The second kappa shape index (κ2) is 7.12. The monoisotopic (exact) mass is 361 g/mol. The second-order valence-electron chi connectivity index (χ2n) is 8.00. The number of aromatic nitrogens is 1. The third-order valence-corrected chi connectivity index (χ3v) is 6.01. The van der Waals surface area contributed by atoms with Crippen LogP contribution in [0.5, 0.6) is 0 Å². The molecule has 140 valence electrons. The van der Waals surface area contributed by atoms with E-state index in [0.29, 0.717) is 5.92 Å². The van der Waals surface area contributed by atoms with E-state index < -0.39 is 0 Å². The van der Waals surface area contributed by atoms with Gasteiger partial charge in [-0.25, -0.2) is 0 Å². The molecular weight excluding hydrogens is 334 g/mol. The van der Waals surface area contributed by atoms with E-state index in [1.54, 1.807) is 0 Å². The van der Waals surface area contributed by atoms with E-state index in [1.165, 1.54) is 33.2 Å². The molecule has 5 rings (SSSR count). The van der Waals surface area contributed by atoms with Gasteiger partial charge in [0.2, 0.25) is 0 Å². The molecule has 3 aromatic rings. The maximum absolute atomic E-state index is 5.48. The summed E-state index contributed by atoms with van der Waals surface area (Å²) >= 11 is 0. The van der Waals surface area contributed by atoms with Gasteiger partial charge in [-0.1, -0.05) is 24.3 Å². The van der Waals surface area contributed by atoms with Crippen LogP contribution in [0, 0.1) is 0 Å². The van der Waals surface area contributed by atoms with Crippen molar-refractivity contribution in [2.45, 2.75) is 19.0 Å². The molecule has 1 N–H and O–H groups in total. The van der Waals surface area contributed by atoms with Crippen LogP contribution in [-0.2, 0) is 17.8 Å². The molecule has 1 saturated heterocycles. The minimum Gasteiger partial charge on any atom is -0.379 e. The van der Waals surface area contributed by atoms with Gasteiger partial charge in [-0.15, -0.1) is 0 Å². The normalized spacial score (nSPS) is 21.4. The first-order valence-corrected chi connectivity index (χ1v) is 9.94. The van der Waals surface area contributed by atoms with Crippen LogP contribution in [0.1, 0.15) is 28.2 Å². The Morgan fingerprint density at radius 2 is 1.96 bits per heavy atom. The molecule has 2 aliphatic heterocycles. The molecule has 1 aromatic heterocycles. The fourth-order valence-corrected chi connectivity index (χ4v) is 4.59. The van der Waals surface area contributed by atoms with Gasteiger partial charge >= 0.3 is 0 Å². The van der Waals surface area contributed by atoms with Gasteiger partial charge in [0.15, 0.2) is 0 Å². The SMILES string of the molecule is CN1Cc2cc(CN3CCOCC3)ccc2C(c2ccc3[nH]ccc3c2)C1. The first kappa shape index (κ1) is 17.0. The average molecular weight is 361 g/mol. The van der Waals surface area contributed by atoms with Crippen molar-refractivity contribution in [1.82, 2.24) is 14.8 Å². The summed E-state index contributed by atoms with van der Waals surface area (Å²) in [6.45, 7) is 6.93. The lowest BCUT2D eigenvalue weighted by Crippen LogP contribution is -2.36. The predicted octanol–water partition coefficient (Wildman–Crippen LogP) is 3.58. The zero-order valence-corrected chi connectivity index (χ0v) is 15.9. The first-order valence-electron chi connectivity index (χ1n) is 9.94. The number of hydrogen-bond donors (Lipinski definition) is 1. The highest BCUT2D eigenvalue weighted by atomic mass is 16.5. The van der Waals surface area contributed by atoms with Crippen molar-refractivity contribution in [2.75, 3.05) is 39.9 Å². The van der Waals surface area contributed by atoms with Crippen molar-refractivity contribution < 1.29 is 4.74 Å². The number of fused-ring (bicyclic) bond motifs is 2. The highest BCUT2D eigenvalue weighted by Crippen LogP contribution is 2.34. The summed E-state index contributed by atoms with van der Waals surface area (Å²) in [5.74, 6) is 0.440. The Labute approximate surface area is 160 Å². The summed E-state index contributed by atoms with van der Waals surface area (Å²) in [5, 5.41) is 1.30. The van der Waals surface area contributed by atoms with Crippen molar-refractivity contribution in [3.63, 3.8) is 0 Å². The Morgan fingerprint density at radius 3 is 2.85 bits per heavy atom. The van der Waals surface area contributed by atoms with Crippen LogP contribution >= 0.6 is 0 Å². The molecule has 0 bridgehead atoms. The van der Waals surface area contributed by atoms with Crippen molar-refractivity contribution in [2.24, 2.45) is 0 Å². The van der Waals surface area contributed by atoms with E-state index >= 15 is 0 Å². The number of hydrogen-bond acceptors (Lipinski definition) is 3. The number of rotatable bonds is 3. The van der Waals surface area contributed by atoms with Crippen LogP contribution in [-0.4, -0.2) is 54.7 Å². The molecule has 4 heteroatoms. The standard InChI is InChI=1S/C23H27N3O/c1-25-15-20-12-17(14-26-8-10-27-11-9-26)2-4-21(20)22(16-25)18-3-5-23-19(13-18)6-7-24-23/h2-7,12-13,22,24H,8-11,14-16H2,1H3. The quantitative estimate of drug-likeness (QED) is 0.774. The van der Waals surface area contributed by atoms with Gasteiger partial charge in [-0.3, -0.25) is 4.90 Å². The molecule has 0 radical (unpaired) electrons. The fraction of sp³-hybridized carbons (Fsp3) is 0.391. The van der Waals surface area contributed by atoms with Crippen molar-refractivity contribution in [1.29, 1.82) is 0 Å². The number of morpholine rings is 1. The zero-order valence-electron chi connectivity index (χ0n) is 15.9. The second-order valence-corrected chi connectivity index (χ2v) is 8.00. The number of nitrogens with one attached hydrogen (secondary N) is 1. The Kier molecular flexibility index (Phi) is 4.48. The van der Waals surface area contributed by atoms with Crippen LogP contribution in [0.2, 0.25) is 0 Å². The fourth-order valence-electron chi connectivity index (χ4n) is 4.59. The summed E-state index contributed by atoms with van der Waals surface area (Å²) in [6, 6.07) is 16.2. The van der Waals surface area contributed by atoms with Crippen LogP contribution in [0.25, 0.3) is 10.9 Å². The van der Waals surface area contributed by atoms with Crippen molar-refractivity contribution in [3.8, 4) is 0 Å². The van der Waals surface area contributed by atoms with Crippen molar-refractivity contribution in [3.05, 3.63) is 70.9 Å². The van der Waals surface area contributed by atoms with Gasteiger partial charge in [0.05, 0.1) is 13.2 Å². The summed E-state index contributed by atoms with van der Waals surface area (Å²) in [6.07, 6.45) is 2.02. The molecule has 4 nitrogen and oxygen atoms in total. The zero-order chi connectivity index (χ0) is 18.2. The molecule has 2 aliphatic rings. The Morgan fingerprint density at radius 1 is 1.07 bits per heavy atom. The molecule has 1 unspecified atom stereocenters. The number of benzene rings is 2. The Balaban J connectivity index is 1.45. The molecule has 2 aromatic carbocycles.